The number of carbonyl (C=O) groups is 1. The van der Waals surface area contributed by atoms with E-state index in [0.717, 1.165) is 24.7 Å². The van der Waals surface area contributed by atoms with Crippen molar-refractivity contribution >= 4 is 11.9 Å². The average Bonchev–Trinajstić information content (AvgIpc) is 3.07. The number of nitrogens with zero attached hydrogens (tertiary/aromatic N) is 5. The Bertz CT molecular complexity index is 606. The van der Waals surface area contributed by atoms with Gasteiger partial charge in [-0.25, -0.2) is 9.97 Å². The van der Waals surface area contributed by atoms with Crippen molar-refractivity contribution in [3.8, 4) is 0 Å². The van der Waals surface area contributed by atoms with E-state index in [4.69, 9.17) is 0 Å². The van der Waals surface area contributed by atoms with Gasteiger partial charge in [-0.3, -0.25) is 9.48 Å². The second-order valence-corrected chi connectivity index (χ2v) is 5.38. The number of anilines is 1. The number of amides is 1. The van der Waals surface area contributed by atoms with Crippen molar-refractivity contribution < 1.29 is 4.79 Å². The van der Waals surface area contributed by atoms with Crippen LogP contribution in [0.1, 0.15) is 25.0 Å². The van der Waals surface area contributed by atoms with Crippen LogP contribution in [0.5, 0.6) is 0 Å². The van der Waals surface area contributed by atoms with Crippen LogP contribution in [-0.4, -0.2) is 38.7 Å². The van der Waals surface area contributed by atoms with Crippen molar-refractivity contribution in [1.82, 2.24) is 25.1 Å². The number of aromatic nitrogens is 4. The lowest BCUT2D eigenvalue weighted by Gasteiger charge is -2.26. The molecule has 0 radical (unpaired) electrons. The zero-order valence-corrected chi connectivity index (χ0v) is 12.5. The summed E-state index contributed by atoms with van der Waals surface area (Å²) in [6.45, 7) is 2.64. The summed E-state index contributed by atoms with van der Waals surface area (Å²) in [7, 11) is 0. The topological polar surface area (TPSA) is 75.9 Å². The molecule has 7 heteroatoms. The molecule has 1 saturated heterocycles. The Morgan fingerprint density at radius 1 is 1.23 bits per heavy atom. The Labute approximate surface area is 129 Å². The van der Waals surface area contributed by atoms with Crippen molar-refractivity contribution in [3.05, 3.63) is 36.4 Å². The highest BCUT2D eigenvalue weighted by molar-refractivity contribution is 5.75. The van der Waals surface area contributed by atoms with E-state index < -0.39 is 0 Å². The van der Waals surface area contributed by atoms with E-state index in [1.807, 2.05) is 6.07 Å². The first-order valence-electron chi connectivity index (χ1n) is 7.62. The molecule has 3 rings (SSSR count). The summed E-state index contributed by atoms with van der Waals surface area (Å²) in [4.78, 5) is 22.9. The molecule has 1 N–H and O–H groups in total. The third-order valence-corrected chi connectivity index (χ3v) is 3.67. The molecule has 22 heavy (non-hydrogen) atoms. The van der Waals surface area contributed by atoms with Crippen molar-refractivity contribution in [2.45, 2.75) is 32.4 Å². The summed E-state index contributed by atoms with van der Waals surface area (Å²) < 4.78 is 1.59. The van der Waals surface area contributed by atoms with Gasteiger partial charge in [-0.15, -0.1) is 0 Å². The summed E-state index contributed by atoms with van der Waals surface area (Å²) in [6.07, 6.45) is 8.83. The maximum atomic E-state index is 11.8. The summed E-state index contributed by atoms with van der Waals surface area (Å²) in [5, 5.41) is 6.87. The van der Waals surface area contributed by atoms with E-state index in [2.05, 4.69) is 25.3 Å². The van der Waals surface area contributed by atoms with E-state index in [1.54, 1.807) is 29.3 Å². The highest BCUT2D eigenvalue weighted by Gasteiger charge is 2.13. The molecule has 1 fully saturated rings. The summed E-state index contributed by atoms with van der Waals surface area (Å²) in [6, 6.07) is 3.63. The fourth-order valence-corrected chi connectivity index (χ4v) is 2.52. The molecule has 0 aromatic carbocycles. The molecule has 0 saturated carbocycles. The zero-order chi connectivity index (χ0) is 15.2. The Kier molecular flexibility index (Phi) is 4.62. The van der Waals surface area contributed by atoms with Gasteiger partial charge < -0.3 is 10.2 Å². The smallest absolute Gasteiger partial charge is 0.242 e. The number of carbonyl (C=O) groups excluding carboxylic acids is 1. The third kappa shape index (κ3) is 3.81. The number of hydrogen-bond acceptors (Lipinski definition) is 5. The van der Waals surface area contributed by atoms with Gasteiger partial charge in [0.25, 0.3) is 0 Å². The van der Waals surface area contributed by atoms with Gasteiger partial charge in [0.05, 0.1) is 12.2 Å². The molecule has 3 heterocycles. The molecular formula is C15H20N6O. The third-order valence-electron chi connectivity index (χ3n) is 3.67. The van der Waals surface area contributed by atoms with Crippen LogP contribution >= 0.6 is 0 Å². The van der Waals surface area contributed by atoms with Crippen molar-refractivity contribution in [2.24, 2.45) is 0 Å². The van der Waals surface area contributed by atoms with Gasteiger partial charge in [-0.05, 0) is 31.4 Å². The number of nitrogens with one attached hydrogen (secondary N) is 1. The van der Waals surface area contributed by atoms with E-state index in [1.165, 1.54) is 19.3 Å². The number of piperidine rings is 1. The second kappa shape index (κ2) is 7.02. The molecule has 0 spiro atoms. The lowest BCUT2D eigenvalue weighted by atomic mass is 10.1. The van der Waals surface area contributed by atoms with Crippen LogP contribution in [0.15, 0.2) is 30.7 Å². The van der Waals surface area contributed by atoms with Gasteiger partial charge in [0.15, 0.2) is 0 Å². The molecular weight excluding hydrogens is 280 g/mol. The van der Waals surface area contributed by atoms with Gasteiger partial charge in [0, 0.05) is 31.7 Å². The second-order valence-electron chi connectivity index (χ2n) is 5.38. The van der Waals surface area contributed by atoms with Gasteiger partial charge in [0.2, 0.25) is 11.9 Å². The highest BCUT2D eigenvalue weighted by atomic mass is 16.2. The normalized spacial score (nSPS) is 14.8. The fourth-order valence-electron chi connectivity index (χ4n) is 2.52. The van der Waals surface area contributed by atoms with Crippen LogP contribution in [0.2, 0.25) is 0 Å². The van der Waals surface area contributed by atoms with Gasteiger partial charge in [-0.2, -0.15) is 5.10 Å². The monoisotopic (exact) mass is 300 g/mol. The molecule has 2 aromatic rings. The molecule has 1 aliphatic rings. The largest absolute Gasteiger partial charge is 0.349 e. The first-order chi connectivity index (χ1) is 10.8. The van der Waals surface area contributed by atoms with Crippen LogP contribution < -0.4 is 10.2 Å². The van der Waals surface area contributed by atoms with E-state index >= 15 is 0 Å². The summed E-state index contributed by atoms with van der Waals surface area (Å²) >= 11 is 0. The van der Waals surface area contributed by atoms with Crippen LogP contribution in [0.4, 0.5) is 5.95 Å². The standard InChI is InChI=1S/C15H20N6O/c22-14(12-21-10-4-6-18-21)17-11-13-5-7-16-15(19-13)20-8-2-1-3-9-20/h4-7,10H,1-3,8-9,11-12H2,(H,17,22). The van der Waals surface area contributed by atoms with Crippen LogP contribution in [0.3, 0.4) is 0 Å². The molecule has 7 nitrogen and oxygen atoms in total. The first kappa shape index (κ1) is 14.5. The Morgan fingerprint density at radius 2 is 2.09 bits per heavy atom. The number of rotatable bonds is 5. The maximum absolute atomic E-state index is 11.8. The van der Waals surface area contributed by atoms with Crippen LogP contribution in [0.25, 0.3) is 0 Å². The quantitative estimate of drug-likeness (QED) is 0.891. The van der Waals surface area contributed by atoms with Crippen LogP contribution in [0, 0.1) is 0 Å². The summed E-state index contributed by atoms with van der Waals surface area (Å²) in [5.41, 5.74) is 0.824. The Balaban J connectivity index is 1.54. The van der Waals surface area contributed by atoms with Gasteiger partial charge in [-0.1, -0.05) is 0 Å². The zero-order valence-electron chi connectivity index (χ0n) is 12.5. The Hall–Kier alpha value is -2.44. The minimum Gasteiger partial charge on any atom is -0.349 e. The van der Waals surface area contributed by atoms with E-state index in [-0.39, 0.29) is 12.5 Å². The molecule has 116 valence electrons. The average molecular weight is 300 g/mol. The fraction of sp³-hybridized carbons (Fsp3) is 0.467. The maximum Gasteiger partial charge on any atom is 0.242 e. The minimum absolute atomic E-state index is 0.0816. The molecule has 0 unspecified atom stereocenters. The highest BCUT2D eigenvalue weighted by Crippen LogP contribution is 2.15. The molecule has 0 atom stereocenters. The molecule has 0 aliphatic carbocycles. The van der Waals surface area contributed by atoms with E-state index in [9.17, 15) is 4.79 Å². The van der Waals surface area contributed by atoms with Crippen molar-refractivity contribution in [3.63, 3.8) is 0 Å². The molecule has 1 aliphatic heterocycles. The Morgan fingerprint density at radius 3 is 2.86 bits per heavy atom. The predicted molar refractivity (Wildman–Crippen MR) is 82.2 cm³/mol. The molecule has 0 bridgehead atoms. The van der Waals surface area contributed by atoms with Gasteiger partial charge in [0.1, 0.15) is 6.54 Å². The lowest BCUT2D eigenvalue weighted by molar-refractivity contribution is -0.122. The van der Waals surface area contributed by atoms with E-state index in [0.29, 0.717) is 6.54 Å². The lowest BCUT2D eigenvalue weighted by Crippen LogP contribution is -2.32. The first-order valence-corrected chi connectivity index (χ1v) is 7.62. The van der Waals surface area contributed by atoms with Crippen molar-refractivity contribution in [1.29, 1.82) is 0 Å². The number of hydrogen-bond donors (Lipinski definition) is 1. The SMILES string of the molecule is O=C(Cn1cccn1)NCc1ccnc(N2CCCCC2)n1. The van der Waals surface area contributed by atoms with Gasteiger partial charge >= 0.3 is 0 Å². The van der Waals surface area contributed by atoms with Crippen molar-refractivity contribution in [2.75, 3.05) is 18.0 Å². The van der Waals surface area contributed by atoms with Crippen LogP contribution in [-0.2, 0) is 17.9 Å². The molecule has 1 amide bonds. The predicted octanol–water partition coefficient (Wildman–Crippen LogP) is 0.980. The molecule has 2 aromatic heterocycles. The minimum atomic E-state index is -0.0816. The summed E-state index contributed by atoms with van der Waals surface area (Å²) in [5.74, 6) is 0.681.